The number of sulfonamides is 1. The molecule has 0 saturated carbocycles. The fourth-order valence-electron chi connectivity index (χ4n) is 3.23. The van der Waals surface area contributed by atoms with Crippen molar-refractivity contribution < 1.29 is 22.7 Å². The molecule has 0 aliphatic carbocycles. The van der Waals surface area contributed by atoms with Crippen molar-refractivity contribution in [2.75, 3.05) is 26.3 Å². The second kappa shape index (κ2) is 8.84. The van der Waals surface area contributed by atoms with Crippen molar-refractivity contribution in [3.8, 4) is 11.5 Å². The molecule has 2 N–H and O–H groups in total. The maximum Gasteiger partial charge on any atom is 0.252 e. The molecule has 1 saturated heterocycles. The van der Waals surface area contributed by atoms with Gasteiger partial charge in [0.15, 0.2) is 0 Å². The number of amides is 1. The quantitative estimate of drug-likeness (QED) is 0.665. The van der Waals surface area contributed by atoms with Crippen LogP contribution in [0.25, 0.3) is 0 Å². The molecule has 7 nitrogen and oxygen atoms in total. The van der Waals surface area contributed by atoms with Crippen LogP contribution in [0.5, 0.6) is 11.5 Å². The van der Waals surface area contributed by atoms with Crippen LogP contribution >= 0.6 is 0 Å². The van der Waals surface area contributed by atoms with Crippen molar-refractivity contribution in [1.82, 2.24) is 4.31 Å². The van der Waals surface area contributed by atoms with Gasteiger partial charge >= 0.3 is 0 Å². The first-order chi connectivity index (χ1) is 13.8. The summed E-state index contributed by atoms with van der Waals surface area (Å²) in [6, 6.07) is 10.1. The lowest BCUT2D eigenvalue weighted by atomic mass is 10.1. The van der Waals surface area contributed by atoms with Gasteiger partial charge in [0.2, 0.25) is 10.0 Å². The third kappa shape index (κ3) is 4.89. The van der Waals surface area contributed by atoms with Crippen LogP contribution in [0.2, 0.25) is 0 Å². The summed E-state index contributed by atoms with van der Waals surface area (Å²) in [5.74, 6) is 0.270. The number of carbonyl (C=O) groups excluding carboxylic acids is 1. The van der Waals surface area contributed by atoms with Gasteiger partial charge in [-0.05, 0) is 62.1 Å². The number of primary amides is 1. The highest BCUT2D eigenvalue weighted by Crippen LogP contribution is 2.26. The van der Waals surface area contributed by atoms with Crippen molar-refractivity contribution in [3.63, 3.8) is 0 Å². The van der Waals surface area contributed by atoms with Crippen LogP contribution in [0.1, 0.15) is 34.3 Å². The predicted molar refractivity (Wildman–Crippen MR) is 110 cm³/mol. The van der Waals surface area contributed by atoms with Gasteiger partial charge in [0.05, 0.1) is 10.5 Å². The van der Waals surface area contributed by atoms with E-state index >= 15 is 0 Å². The molecular formula is C21H26N2O5S. The van der Waals surface area contributed by atoms with Gasteiger partial charge in [-0.25, -0.2) is 8.42 Å². The van der Waals surface area contributed by atoms with Gasteiger partial charge in [-0.2, -0.15) is 4.31 Å². The average molecular weight is 419 g/mol. The van der Waals surface area contributed by atoms with E-state index in [0.29, 0.717) is 13.1 Å². The van der Waals surface area contributed by atoms with Gasteiger partial charge in [0.1, 0.15) is 24.7 Å². The van der Waals surface area contributed by atoms with Gasteiger partial charge in [0.25, 0.3) is 5.91 Å². The minimum absolute atomic E-state index is 0.0389. The summed E-state index contributed by atoms with van der Waals surface area (Å²) in [5, 5.41) is 0. The molecule has 3 rings (SSSR count). The highest BCUT2D eigenvalue weighted by Gasteiger charge is 2.28. The molecule has 0 aromatic heterocycles. The molecule has 29 heavy (non-hydrogen) atoms. The number of nitrogens with two attached hydrogens (primary N) is 1. The highest BCUT2D eigenvalue weighted by molar-refractivity contribution is 7.89. The summed E-state index contributed by atoms with van der Waals surface area (Å²) in [7, 11) is -3.64. The van der Waals surface area contributed by atoms with Crippen LogP contribution in [-0.2, 0) is 10.0 Å². The van der Waals surface area contributed by atoms with Crippen LogP contribution in [0.15, 0.2) is 41.3 Å². The van der Waals surface area contributed by atoms with Gasteiger partial charge in [-0.1, -0.05) is 12.1 Å². The van der Waals surface area contributed by atoms with Crippen LogP contribution in [-0.4, -0.2) is 44.9 Å². The van der Waals surface area contributed by atoms with E-state index in [1.165, 1.54) is 22.5 Å². The highest BCUT2D eigenvalue weighted by atomic mass is 32.2. The molecule has 1 amide bonds. The second-order valence-electron chi connectivity index (χ2n) is 7.10. The van der Waals surface area contributed by atoms with Crippen LogP contribution < -0.4 is 15.2 Å². The number of hydrogen-bond acceptors (Lipinski definition) is 5. The molecule has 0 spiro atoms. The summed E-state index contributed by atoms with van der Waals surface area (Å²) < 4.78 is 38.2. The largest absolute Gasteiger partial charge is 0.490 e. The smallest absolute Gasteiger partial charge is 0.252 e. The minimum atomic E-state index is -3.64. The Bertz CT molecular complexity index is 998. The van der Waals surface area contributed by atoms with Crippen molar-refractivity contribution >= 4 is 15.9 Å². The lowest BCUT2D eigenvalue weighted by molar-refractivity contribution is 0.0995. The van der Waals surface area contributed by atoms with E-state index < -0.39 is 15.9 Å². The lowest BCUT2D eigenvalue weighted by Crippen LogP contribution is -2.28. The molecule has 1 heterocycles. The third-order valence-electron chi connectivity index (χ3n) is 4.86. The molecule has 8 heteroatoms. The normalized spacial score (nSPS) is 14.7. The van der Waals surface area contributed by atoms with Crippen LogP contribution in [0.4, 0.5) is 0 Å². The summed E-state index contributed by atoms with van der Waals surface area (Å²) in [6.45, 7) is 5.38. The zero-order valence-corrected chi connectivity index (χ0v) is 17.5. The Morgan fingerprint density at radius 1 is 1.00 bits per heavy atom. The fraction of sp³-hybridized carbons (Fsp3) is 0.381. The van der Waals surface area contributed by atoms with E-state index in [4.69, 9.17) is 15.2 Å². The summed E-state index contributed by atoms with van der Waals surface area (Å²) in [6.07, 6.45) is 1.67. The number of rotatable bonds is 8. The minimum Gasteiger partial charge on any atom is -0.490 e. The molecule has 1 aliphatic heterocycles. The molecule has 0 bridgehead atoms. The van der Waals surface area contributed by atoms with E-state index in [0.717, 1.165) is 29.7 Å². The maximum absolute atomic E-state index is 12.7. The first kappa shape index (κ1) is 21.1. The topological polar surface area (TPSA) is 98.9 Å². The van der Waals surface area contributed by atoms with E-state index in [1.54, 1.807) is 0 Å². The number of aryl methyl sites for hydroxylation is 2. The molecule has 1 aliphatic rings. The third-order valence-corrected chi connectivity index (χ3v) is 6.76. The first-order valence-electron chi connectivity index (χ1n) is 9.56. The SMILES string of the molecule is Cc1ccc(C)c(OCCOc2ccc(S(=O)(=O)N3CCCC3)cc2C(N)=O)c1. The van der Waals surface area contributed by atoms with Crippen molar-refractivity contribution in [3.05, 3.63) is 53.1 Å². The molecule has 0 unspecified atom stereocenters. The predicted octanol–water partition coefficient (Wildman–Crippen LogP) is 2.64. The summed E-state index contributed by atoms with van der Waals surface area (Å²) in [4.78, 5) is 11.9. The van der Waals surface area contributed by atoms with E-state index in [1.807, 2.05) is 32.0 Å². The number of benzene rings is 2. The van der Waals surface area contributed by atoms with E-state index in [2.05, 4.69) is 0 Å². The first-order valence-corrected chi connectivity index (χ1v) is 11.0. The molecule has 2 aromatic carbocycles. The Morgan fingerprint density at radius 3 is 2.31 bits per heavy atom. The molecule has 2 aromatic rings. The van der Waals surface area contributed by atoms with E-state index in [9.17, 15) is 13.2 Å². The molecule has 0 radical (unpaired) electrons. The molecule has 0 atom stereocenters. The van der Waals surface area contributed by atoms with E-state index in [-0.39, 0.29) is 29.4 Å². The van der Waals surface area contributed by atoms with Crippen molar-refractivity contribution in [1.29, 1.82) is 0 Å². The Labute approximate surface area is 171 Å². The Kier molecular flexibility index (Phi) is 6.44. The zero-order valence-electron chi connectivity index (χ0n) is 16.7. The average Bonchev–Trinajstić information content (AvgIpc) is 3.23. The molecule has 1 fully saturated rings. The number of nitrogens with zero attached hydrogens (tertiary/aromatic N) is 1. The fourth-order valence-corrected chi connectivity index (χ4v) is 4.78. The lowest BCUT2D eigenvalue weighted by Gasteiger charge is -2.17. The summed E-state index contributed by atoms with van der Waals surface area (Å²) >= 11 is 0. The monoisotopic (exact) mass is 418 g/mol. The number of hydrogen-bond donors (Lipinski definition) is 1. The number of carbonyl (C=O) groups is 1. The molecule has 156 valence electrons. The van der Waals surface area contributed by atoms with Gasteiger partial charge < -0.3 is 15.2 Å². The van der Waals surface area contributed by atoms with Crippen molar-refractivity contribution in [2.45, 2.75) is 31.6 Å². The summed E-state index contributed by atoms with van der Waals surface area (Å²) in [5.41, 5.74) is 7.61. The van der Waals surface area contributed by atoms with Crippen LogP contribution in [0.3, 0.4) is 0 Å². The zero-order chi connectivity index (χ0) is 21.0. The van der Waals surface area contributed by atoms with Crippen molar-refractivity contribution in [2.24, 2.45) is 5.73 Å². The van der Waals surface area contributed by atoms with Gasteiger partial charge in [-0.3, -0.25) is 4.79 Å². The van der Waals surface area contributed by atoms with Gasteiger partial charge in [-0.15, -0.1) is 0 Å². The standard InChI is InChI=1S/C21H26N2O5S/c1-15-5-6-16(2)20(13-15)28-12-11-27-19-8-7-17(14-18(19)21(22)24)29(25,26)23-9-3-4-10-23/h5-8,13-14H,3-4,9-12H2,1-2H3,(H2,22,24). The maximum atomic E-state index is 12.7. The molecular weight excluding hydrogens is 392 g/mol. The van der Waals surface area contributed by atoms with Gasteiger partial charge in [0, 0.05) is 13.1 Å². The van der Waals surface area contributed by atoms with Crippen LogP contribution in [0, 0.1) is 13.8 Å². The number of ether oxygens (including phenoxy) is 2. The Balaban J connectivity index is 1.69. The Morgan fingerprint density at radius 2 is 1.66 bits per heavy atom. The Hall–Kier alpha value is -2.58. The second-order valence-corrected chi connectivity index (χ2v) is 9.04.